The zero-order chi connectivity index (χ0) is 19.5. The molecule has 1 aliphatic rings. The highest BCUT2D eigenvalue weighted by Crippen LogP contribution is 2.32. The fraction of sp³-hybridized carbons (Fsp3) is 0.476. The normalized spacial score (nSPS) is 19.4. The minimum Gasteiger partial charge on any atom is -0.370 e. The molecule has 3 heterocycles. The standard InChI is InChI=1S/C21H26N4O2S/c1-3-24-20(19-15(2)11-12-27-19)23-25(21(24)26)13-17-14-28-18(22-17)10-9-16-7-5-4-6-8-16/h4-8,14-15,19H,3,9-13H2,1-2H3/t15-,19+/m1/s1. The molecule has 148 valence electrons. The summed E-state index contributed by atoms with van der Waals surface area (Å²) in [6.07, 6.45) is 2.79. The van der Waals surface area contributed by atoms with E-state index in [0.29, 0.717) is 19.0 Å². The van der Waals surface area contributed by atoms with Crippen LogP contribution in [-0.2, 0) is 30.7 Å². The van der Waals surface area contributed by atoms with Crippen molar-refractivity contribution in [2.24, 2.45) is 5.92 Å². The predicted molar refractivity (Wildman–Crippen MR) is 110 cm³/mol. The Morgan fingerprint density at radius 2 is 2.07 bits per heavy atom. The van der Waals surface area contributed by atoms with E-state index in [-0.39, 0.29) is 11.8 Å². The first-order valence-electron chi connectivity index (χ1n) is 9.92. The SMILES string of the molecule is CCn1c([C@H]2OCC[C@H]2C)nn(Cc2csc(CCc3ccccc3)n2)c1=O. The first-order chi connectivity index (χ1) is 13.7. The Bertz CT molecular complexity index is 976. The molecule has 1 fully saturated rings. The van der Waals surface area contributed by atoms with E-state index in [1.54, 1.807) is 15.9 Å². The third-order valence-corrected chi connectivity index (χ3v) is 6.25. The summed E-state index contributed by atoms with van der Waals surface area (Å²) in [7, 11) is 0. The maximum atomic E-state index is 12.8. The van der Waals surface area contributed by atoms with Crippen LogP contribution in [0.25, 0.3) is 0 Å². The van der Waals surface area contributed by atoms with Crippen LogP contribution in [-0.4, -0.2) is 25.9 Å². The Hall–Kier alpha value is -2.25. The summed E-state index contributed by atoms with van der Waals surface area (Å²) in [5.41, 5.74) is 2.12. The molecular weight excluding hydrogens is 372 g/mol. The van der Waals surface area contributed by atoms with Crippen molar-refractivity contribution < 1.29 is 4.74 Å². The molecule has 1 saturated heterocycles. The van der Waals surface area contributed by atoms with Crippen LogP contribution in [0.3, 0.4) is 0 Å². The Kier molecular flexibility index (Phi) is 5.73. The first kappa shape index (κ1) is 19.1. The quantitative estimate of drug-likeness (QED) is 0.612. The van der Waals surface area contributed by atoms with Gasteiger partial charge in [0, 0.05) is 25.0 Å². The molecular formula is C21H26N4O2S. The minimum absolute atomic E-state index is 0.0842. The average molecular weight is 399 g/mol. The number of aromatic nitrogens is 4. The molecule has 28 heavy (non-hydrogen) atoms. The van der Waals surface area contributed by atoms with Crippen LogP contribution in [0.1, 0.15) is 48.5 Å². The summed E-state index contributed by atoms with van der Waals surface area (Å²) in [5.74, 6) is 1.13. The highest BCUT2D eigenvalue weighted by Gasteiger charge is 2.31. The lowest BCUT2D eigenvalue weighted by Crippen LogP contribution is -2.26. The molecule has 0 N–H and O–H groups in total. The third kappa shape index (κ3) is 3.95. The molecule has 0 radical (unpaired) electrons. The number of nitrogens with zero attached hydrogens (tertiary/aromatic N) is 4. The van der Waals surface area contributed by atoms with E-state index in [2.05, 4.69) is 36.3 Å². The summed E-state index contributed by atoms with van der Waals surface area (Å²) in [5, 5.41) is 7.74. The van der Waals surface area contributed by atoms with E-state index in [4.69, 9.17) is 9.72 Å². The second-order valence-electron chi connectivity index (χ2n) is 7.32. The van der Waals surface area contributed by atoms with Gasteiger partial charge in [-0.05, 0) is 31.2 Å². The van der Waals surface area contributed by atoms with Gasteiger partial charge < -0.3 is 4.74 Å². The molecule has 0 aliphatic carbocycles. The molecule has 1 aromatic carbocycles. The molecule has 6 nitrogen and oxygen atoms in total. The monoisotopic (exact) mass is 398 g/mol. The number of aryl methyl sites for hydroxylation is 2. The van der Waals surface area contributed by atoms with Crippen LogP contribution in [0.2, 0.25) is 0 Å². The van der Waals surface area contributed by atoms with Crippen LogP contribution >= 0.6 is 11.3 Å². The summed E-state index contributed by atoms with van der Waals surface area (Å²) in [6.45, 7) is 5.86. The van der Waals surface area contributed by atoms with Crippen LogP contribution in [0.15, 0.2) is 40.5 Å². The highest BCUT2D eigenvalue weighted by molar-refractivity contribution is 7.09. The maximum absolute atomic E-state index is 12.8. The van der Waals surface area contributed by atoms with Crippen molar-refractivity contribution in [2.75, 3.05) is 6.61 Å². The molecule has 4 rings (SSSR count). The van der Waals surface area contributed by atoms with Crippen molar-refractivity contribution in [3.05, 3.63) is 68.3 Å². The smallest absolute Gasteiger partial charge is 0.346 e. The molecule has 0 bridgehead atoms. The molecule has 1 aliphatic heterocycles. The van der Waals surface area contributed by atoms with Crippen molar-refractivity contribution in [2.45, 2.75) is 52.3 Å². The molecule has 0 amide bonds. The van der Waals surface area contributed by atoms with Gasteiger partial charge in [-0.1, -0.05) is 37.3 Å². The zero-order valence-electron chi connectivity index (χ0n) is 16.4. The van der Waals surface area contributed by atoms with E-state index in [9.17, 15) is 4.79 Å². The second-order valence-corrected chi connectivity index (χ2v) is 8.26. The van der Waals surface area contributed by atoms with Crippen LogP contribution < -0.4 is 5.69 Å². The Balaban J connectivity index is 1.48. The molecule has 7 heteroatoms. The number of hydrogen-bond acceptors (Lipinski definition) is 5. The van der Waals surface area contributed by atoms with Gasteiger partial charge in [0.25, 0.3) is 0 Å². The largest absolute Gasteiger partial charge is 0.370 e. The van der Waals surface area contributed by atoms with E-state index in [1.165, 1.54) is 10.2 Å². The number of thiazole rings is 1. The van der Waals surface area contributed by atoms with E-state index >= 15 is 0 Å². The topological polar surface area (TPSA) is 61.9 Å². The number of rotatable bonds is 7. The van der Waals surface area contributed by atoms with Gasteiger partial charge in [-0.3, -0.25) is 4.57 Å². The molecule has 0 unspecified atom stereocenters. The van der Waals surface area contributed by atoms with Gasteiger partial charge in [0.1, 0.15) is 6.10 Å². The van der Waals surface area contributed by atoms with Crippen LogP contribution in [0, 0.1) is 5.92 Å². The van der Waals surface area contributed by atoms with Crippen molar-refractivity contribution in [3.8, 4) is 0 Å². The summed E-state index contributed by atoms with van der Waals surface area (Å²) < 4.78 is 9.10. The van der Waals surface area contributed by atoms with Gasteiger partial charge in [-0.15, -0.1) is 11.3 Å². The number of hydrogen-bond donors (Lipinski definition) is 0. The van der Waals surface area contributed by atoms with Gasteiger partial charge in [0.2, 0.25) is 0 Å². The van der Waals surface area contributed by atoms with E-state index < -0.39 is 0 Å². The molecule has 2 aromatic heterocycles. The second kappa shape index (κ2) is 8.41. The summed E-state index contributed by atoms with van der Waals surface area (Å²) in [4.78, 5) is 17.5. The summed E-state index contributed by atoms with van der Waals surface area (Å²) in [6, 6.07) is 10.4. The first-order valence-corrected chi connectivity index (χ1v) is 10.8. The van der Waals surface area contributed by atoms with Crippen molar-refractivity contribution >= 4 is 11.3 Å². The maximum Gasteiger partial charge on any atom is 0.346 e. The van der Waals surface area contributed by atoms with Crippen LogP contribution in [0.4, 0.5) is 0 Å². The zero-order valence-corrected chi connectivity index (χ0v) is 17.2. The average Bonchev–Trinajstić information content (AvgIpc) is 3.41. The predicted octanol–water partition coefficient (Wildman–Crippen LogP) is 3.45. The van der Waals surface area contributed by atoms with Crippen LogP contribution in [0.5, 0.6) is 0 Å². The van der Waals surface area contributed by atoms with Crippen molar-refractivity contribution in [3.63, 3.8) is 0 Å². The summed E-state index contributed by atoms with van der Waals surface area (Å²) >= 11 is 1.65. The lowest BCUT2D eigenvalue weighted by atomic mass is 10.0. The van der Waals surface area contributed by atoms with Crippen molar-refractivity contribution in [1.82, 2.24) is 19.3 Å². The number of ether oxygens (including phenoxy) is 1. The minimum atomic E-state index is -0.0919. The van der Waals surface area contributed by atoms with Gasteiger partial charge in [0.05, 0.1) is 17.2 Å². The van der Waals surface area contributed by atoms with Gasteiger partial charge in [-0.25, -0.2) is 14.5 Å². The van der Waals surface area contributed by atoms with Gasteiger partial charge >= 0.3 is 5.69 Å². The Morgan fingerprint density at radius 3 is 2.79 bits per heavy atom. The number of benzene rings is 1. The Labute approximate surface area is 168 Å². The molecule has 3 aromatic rings. The third-order valence-electron chi connectivity index (χ3n) is 5.29. The fourth-order valence-electron chi connectivity index (χ4n) is 3.68. The molecule has 2 atom stereocenters. The highest BCUT2D eigenvalue weighted by atomic mass is 32.1. The lowest BCUT2D eigenvalue weighted by Gasteiger charge is -2.13. The molecule has 0 saturated carbocycles. The van der Waals surface area contributed by atoms with E-state index in [0.717, 1.165) is 42.4 Å². The lowest BCUT2D eigenvalue weighted by molar-refractivity contribution is 0.0836. The van der Waals surface area contributed by atoms with E-state index in [1.807, 2.05) is 18.4 Å². The van der Waals surface area contributed by atoms with Crippen molar-refractivity contribution in [1.29, 1.82) is 0 Å². The fourth-order valence-corrected chi connectivity index (χ4v) is 4.47. The van der Waals surface area contributed by atoms with Gasteiger partial charge in [-0.2, -0.15) is 5.10 Å². The van der Waals surface area contributed by atoms with Gasteiger partial charge in [0.15, 0.2) is 5.82 Å². The molecule has 0 spiro atoms. The Morgan fingerprint density at radius 1 is 1.25 bits per heavy atom.